The molecule has 2 aromatic rings. The molecular formula is C20H25N3O2. The Morgan fingerprint density at radius 2 is 1.88 bits per heavy atom. The third kappa shape index (κ3) is 3.32. The molecule has 0 radical (unpaired) electrons. The highest BCUT2D eigenvalue weighted by Crippen LogP contribution is 2.19. The van der Waals surface area contributed by atoms with Gasteiger partial charge >= 0.3 is 0 Å². The zero-order chi connectivity index (χ0) is 17.2. The van der Waals surface area contributed by atoms with Gasteiger partial charge in [0.15, 0.2) is 0 Å². The van der Waals surface area contributed by atoms with E-state index in [4.69, 9.17) is 4.98 Å². The average Bonchev–Trinajstić information content (AvgIpc) is 3.09. The molecule has 1 aromatic heterocycles. The second-order valence-corrected chi connectivity index (χ2v) is 7.34. The van der Waals surface area contributed by atoms with Crippen LogP contribution in [0.2, 0.25) is 0 Å². The molecule has 1 amide bonds. The molecule has 0 spiro atoms. The Bertz CT molecular complexity index is 850. The van der Waals surface area contributed by atoms with Crippen molar-refractivity contribution < 1.29 is 4.79 Å². The van der Waals surface area contributed by atoms with Crippen LogP contribution in [0.25, 0.3) is 10.9 Å². The van der Waals surface area contributed by atoms with Crippen LogP contribution in [0.15, 0.2) is 23.0 Å². The standard InChI is InChI=1S/C20H25N3O2/c24-19(21-15-7-4-5-8-15)14-10-11-16-17(13-14)22-18-9-3-1-2-6-12-23(18)20(16)25/h10-11,13,15H,1-9,12H2,(H,21,24). The summed E-state index contributed by atoms with van der Waals surface area (Å²) in [5.74, 6) is 0.813. The molecule has 0 saturated heterocycles. The first kappa shape index (κ1) is 16.3. The molecule has 2 aliphatic rings. The van der Waals surface area contributed by atoms with Gasteiger partial charge in [-0.1, -0.05) is 25.7 Å². The molecule has 1 N–H and O–H groups in total. The molecule has 5 nitrogen and oxygen atoms in total. The number of hydrogen-bond acceptors (Lipinski definition) is 3. The van der Waals surface area contributed by atoms with Crippen molar-refractivity contribution in [3.63, 3.8) is 0 Å². The Labute approximate surface area is 147 Å². The molecule has 1 fully saturated rings. The molecule has 2 heterocycles. The number of nitrogens with one attached hydrogen (secondary N) is 1. The van der Waals surface area contributed by atoms with Gasteiger partial charge in [-0.2, -0.15) is 0 Å². The monoisotopic (exact) mass is 339 g/mol. The SMILES string of the molecule is O=C(NC1CCCC1)c1ccc2c(=O)n3c(nc2c1)CCCCCC3. The summed E-state index contributed by atoms with van der Waals surface area (Å²) >= 11 is 0. The number of carbonyl (C=O) groups is 1. The van der Waals surface area contributed by atoms with Crippen LogP contribution in [-0.4, -0.2) is 21.5 Å². The second kappa shape index (κ2) is 6.98. The maximum absolute atomic E-state index is 12.8. The summed E-state index contributed by atoms with van der Waals surface area (Å²) in [5.41, 5.74) is 1.28. The maximum atomic E-state index is 12.8. The zero-order valence-corrected chi connectivity index (χ0v) is 14.6. The highest BCUT2D eigenvalue weighted by atomic mass is 16.1. The van der Waals surface area contributed by atoms with Crippen molar-refractivity contribution in [2.45, 2.75) is 70.4 Å². The third-order valence-corrected chi connectivity index (χ3v) is 5.52. The molecule has 1 aromatic carbocycles. The van der Waals surface area contributed by atoms with E-state index in [1.54, 1.807) is 18.2 Å². The first-order valence-corrected chi connectivity index (χ1v) is 9.57. The van der Waals surface area contributed by atoms with Gasteiger partial charge in [0, 0.05) is 24.6 Å². The summed E-state index contributed by atoms with van der Waals surface area (Å²) in [6.07, 6.45) is 9.80. The largest absolute Gasteiger partial charge is 0.349 e. The second-order valence-electron chi connectivity index (χ2n) is 7.34. The molecule has 5 heteroatoms. The van der Waals surface area contributed by atoms with Crippen LogP contribution >= 0.6 is 0 Å². The Hall–Kier alpha value is -2.17. The minimum absolute atomic E-state index is 0.0321. The summed E-state index contributed by atoms with van der Waals surface area (Å²) in [6.45, 7) is 0.751. The van der Waals surface area contributed by atoms with Gasteiger partial charge in [0.1, 0.15) is 5.82 Å². The molecule has 132 valence electrons. The van der Waals surface area contributed by atoms with E-state index in [2.05, 4.69) is 5.32 Å². The Kier molecular flexibility index (Phi) is 4.55. The van der Waals surface area contributed by atoms with E-state index in [-0.39, 0.29) is 17.5 Å². The summed E-state index contributed by atoms with van der Waals surface area (Å²) < 4.78 is 1.83. The highest BCUT2D eigenvalue weighted by molar-refractivity contribution is 5.97. The molecule has 0 bridgehead atoms. The molecule has 1 aliphatic heterocycles. The van der Waals surface area contributed by atoms with Crippen LogP contribution in [0, 0.1) is 0 Å². The molecule has 25 heavy (non-hydrogen) atoms. The van der Waals surface area contributed by atoms with E-state index in [1.807, 2.05) is 4.57 Å². The lowest BCUT2D eigenvalue weighted by atomic mass is 10.1. The van der Waals surface area contributed by atoms with Gasteiger partial charge in [-0.25, -0.2) is 4.98 Å². The maximum Gasteiger partial charge on any atom is 0.261 e. The Morgan fingerprint density at radius 1 is 1.08 bits per heavy atom. The predicted octanol–water partition coefficient (Wildman–Crippen LogP) is 3.19. The number of carbonyl (C=O) groups excluding carboxylic acids is 1. The van der Waals surface area contributed by atoms with Gasteiger partial charge in [0.25, 0.3) is 11.5 Å². The van der Waals surface area contributed by atoms with Crippen LogP contribution in [0.5, 0.6) is 0 Å². The van der Waals surface area contributed by atoms with E-state index >= 15 is 0 Å². The Morgan fingerprint density at radius 3 is 2.72 bits per heavy atom. The Balaban J connectivity index is 1.68. The first-order valence-electron chi connectivity index (χ1n) is 9.57. The van der Waals surface area contributed by atoms with Crippen molar-refractivity contribution in [1.82, 2.24) is 14.9 Å². The van der Waals surface area contributed by atoms with Crippen molar-refractivity contribution in [1.29, 1.82) is 0 Å². The summed E-state index contributed by atoms with van der Waals surface area (Å²) in [6, 6.07) is 5.59. The molecule has 0 unspecified atom stereocenters. The number of rotatable bonds is 2. The highest BCUT2D eigenvalue weighted by Gasteiger charge is 2.19. The van der Waals surface area contributed by atoms with Gasteiger partial charge in [-0.3, -0.25) is 14.2 Å². The van der Waals surface area contributed by atoms with Crippen molar-refractivity contribution in [2.24, 2.45) is 0 Å². The van der Waals surface area contributed by atoms with E-state index < -0.39 is 0 Å². The molecule has 0 atom stereocenters. The molecule has 4 rings (SSSR count). The number of nitrogens with zero attached hydrogens (tertiary/aromatic N) is 2. The zero-order valence-electron chi connectivity index (χ0n) is 14.6. The summed E-state index contributed by atoms with van der Waals surface area (Å²) in [7, 11) is 0. The van der Waals surface area contributed by atoms with Crippen molar-refractivity contribution >= 4 is 16.8 Å². The molecular weight excluding hydrogens is 314 g/mol. The number of fused-ring (bicyclic) bond motifs is 2. The minimum Gasteiger partial charge on any atom is -0.349 e. The van der Waals surface area contributed by atoms with Crippen LogP contribution in [0.4, 0.5) is 0 Å². The van der Waals surface area contributed by atoms with E-state index in [0.29, 0.717) is 16.5 Å². The number of aryl methyl sites for hydroxylation is 1. The van der Waals surface area contributed by atoms with Crippen LogP contribution in [0.1, 0.15) is 67.5 Å². The van der Waals surface area contributed by atoms with Crippen LogP contribution in [-0.2, 0) is 13.0 Å². The van der Waals surface area contributed by atoms with Gasteiger partial charge < -0.3 is 5.32 Å². The predicted molar refractivity (Wildman–Crippen MR) is 97.9 cm³/mol. The topological polar surface area (TPSA) is 64.0 Å². The van der Waals surface area contributed by atoms with Crippen molar-refractivity contribution in [3.05, 3.63) is 39.9 Å². The van der Waals surface area contributed by atoms with Gasteiger partial charge in [-0.15, -0.1) is 0 Å². The molecule has 1 saturated carbocycles. The fraction of sp³-hybridized carbons (Fsp3) is 0.550. The quantitative estimate of drug-likeness (QED) is 0.914. The lowest BCUT2D eigenvalue weighted by molar-refractivity contribution is 0.0938. The van der Waals surface area contributed by atoms with Gasteiger partial charge in [0.2, 0.25) is 0 Å². The van der Waals surface area contributed by atoms with Crippen molar-refractivity contribution in [3.8, 4) is 0 Å². The number of aromatic nitrogens is 2. The molecule has 1 aliphatic carbocycles. The first-order chi connectivity index (χ1) is 12.2. The smallest absolute Gasteiger partial charge is 0.261 e. The van der Waals surface area contributed by atoms with E-state index in [1.165, 1.54) is 25.7 Å². The average molecular weight is 339 g/mol. The van der Waals surface area contributed by atoms with Crippen LogP contribution in [0.3, 0.4) is 0 Å². The normalized spacial score (nSPS) is 18.6. The summed E-state index contributed by atoms with van der Waals surface area (Å²) in [4.78, 5) is 30.1. The minimum atomic E-state index is -0.0533. The number of amides is 1. The van der Waals surface area contributed by atoms with E-state index in [0.717, 1.165) is 44.5 Å². The van der Waals surface area contributed by atoms with E-state index in [9.17, 15) is 9.59 Å². The fourth-order valence-electron chi connectivity index (χ4n) is 4.08. The number of benzene rings is 1. The lowest BCUT2D eigenvalue weighted by Gasteiger charge is -2.16. The fourth-order valence-corrected chi connectivity index (χ4v) is 4.08. The summed E-state index contributed by atoms with van der Waals surface area (Å²) in [5, 5.41) is 3.72. The van der Waals surface area contributed by atoms with Gasteiger partial charge in [0.05, 0.1) is 10.9 Å². The van der Waals surface area contributed by atoms with Crippen molar-refractivity contribution in [2.75, 3.05) is 0 Å². The lowest BCUT2D eigenvalue weighted by Crippen LogP contribution is -2.32. The van der Waals surface area contributed by atoms with Gasteiger partial charge in [-0.05, 0) is 43.9 Å². The number of hydrogen-bond donors (Lipinski definition) is 1. The van der Waals surface area contributed by atoms with Crippen LogP contribution < -0.4 is 10.9 Å². The third-order valence-electron chi connectivity index (χ3n) is 5.52.